The molecule has 6 heteroatoms. The molecule has 1 N–H and O–H groups in total. The Kier molecular flexibility index (Phi) is 4.71. The third kappa shape index (κ3) is 2.97. The molecule has 3 rings (SSSR count). The van der Waals surface area contributed by atoms with Gasteiger partial charge in [-0.05, 0) is 37.7 Å². The molecule has 3 aliphatic rings. The molecule has 24 heavy (non-hydrogen) atoms. The predicted molar refractivity (Wildman–Crippen MR) is 87.1 cm³/mol. The average Bonchev–Trinajstić information content (AvgIpc) is 3.12. The SMILES string of the molecule is CC[C@H]1CC(C)[C@](C)(O)C(=O)OCC2=CCN3CC[C@@H](OC1=O)[C@@H]23. The first-order valence-corrected chi connectivity index (χ1v) is 8.87. The number of rotatable bonds is 1. The second-order valence-corrected chi connectivity index (χ2v) is 7.45. The summed E-state index contributed by atoms with van der Waals surface area (Å²) in [5.41, 5.74) is -0.642. The van der Waals surface area contributed by atoms with Gasteiger partial charge in [-0.3, -0.25) is 9.69 Å². The molecular weight excluding hydrogens is 310 g/mol. The summed E-state index contributed by atoms with van der Waals surface area (Å²) in [6.07, 6.45) is 3.71. The van der Waals surface area contributed by atoms with Gasteiger partial charge in [-0.25, -0.2) is 4.79 Å². The zero-order valence-corrected chi connectivity index (χ0v) is 14.7. The van der Waals surface area contributed by atoms with E-state index in [1.807, 2.05) is 13.0 Å². The molecule has 6 nitrogen and oxygen atoms in total. The minimum atomic E-state index is -1.61. The van der Waals surface area contributed by atoms with Gasteiger partial charge in [0.1, 0.15) is 12.7 Å². The molecule has 2 saturated heterocycles. The highest BCUT2D eigenvalue weighted by atomic mass is 16.6. The van der Waals surface area contributed by atoms with E-state index in [0.29, 0.717) is 12.8 Å². The molecule has 2 fully saturated rings. The molecule has 0 aromatic rings. The lowest BCUT2D eigenvalue weighted by Gasteiger charge is -2.32. The lowest BCUT2D eigenvalue weighted by Crippen LogP contribution is -2.46. The summed E-state index contributed by atoms with van der Waals surface area (Å²) in [6, 6.07) is 0.000977. The quantitative estimate of drug-likeness (QED) is 0.574. The molecule has 0 aromatic carbocycles. The number of hydrogen-bond acceptors (Lipinski definition) is 6. The Hall–Kier alpha value is -1.40. The van der Waals surface area contributed by atoms with Crippen LogP contribution in [0.1, 0.15) is 40.0 Å². The first-order chi connectivity index (χ1) is 11.3. The van der Waals surface area contributed by atoms with Gasteiger partial charge in [-0.2, -0.15) is 0 Å². The Labute approximate surface area is 142 Å². The number of cyclic esters (lactones) is 1. The van der Waals surface area contributed by atoms with Gasteiger partial charge >= 0.3 is 11.9 Å². The molecule has 0 bridgehead atoms. The van der Waals surface area contributed by atoms with Crippen molar-refractivity contribution in [3.8, 4) is 0 Å². The summed E-state index contributed by atoms with van der Waals surface area (Å²) < 4.78 is 11.2. The Bertz CT molecular complexity index is 556. The van der Waals surface area contributed by atoms with Crippen LogP contribution >= 0.6 is 0 Å². The summed E-state index contributed by atoms with van der Waals surface area (Å²) in [7, 11) is 0. The van der Waals surface area contributed by atoms with Gasteiger partial charge in [0, 0.05) is 13.1 Å². The Balaban J connectivity index is 1.88. The summed E-state index contributed by atoms with van der Waals surface area (Å²) in [6.45, 7) is 6.99. The lowest BCUT2D eigenvalue weighted by molar-refractivity contribution is -0.171. The van der Waals surface area contributed by atoms with Gasteiger partial charge < -0.3 is 14.6 Å². The van der Waals surface area contributed by atoms with Crippen LogP contribution < -0.4 is 0 Å². The van der Waals surface area contributed by atoms with Crippen molar-refractivity contribution in [2.24, 2.45) is 11.8 Å². The monoisotopic (exact) mass is 337 g/mol. The zero-order valence-electron chi connectivity index (χ0n) is 14.7. The van der Waals surface area contributed by atoms with Gasteiger partial charge in [-0.1, -0.05) is 19.9 Å². The van der Waals surface area contributed by atoms with Gasteiger partial charge in [0.25, 0.3) is 0 Å². The second kappa shape index (κ2) is 6.48. The van der Waals surface area contributed by atoms with Crippen molar-refractivity contribution in [3.63, 3.8) is 0 Å². The number of carbonyl (C=O) groups is 2. The van der Waals surface area contributed by atoms with Crippen LogP contribution in [0.2, 0.25) is 0 Å². The molecular formula is C18H27NO5. The minimum Gasteiger partial charge on any atom is -0.460 e. The molecule has 0 aliphatic carbocycles. The van der Waals surface area contributed by atoms with Crippen LogP contribution in [0.15, 0.2) is 11.6 Å². The van der Waals surface area contributed by atoms with Crippen molar-refractivity contribution in [3.05, 3.63) is 11.6 Å². The minimum absolute atomic E-state index is 0.000977. The first kappa shape index (κ1) is 17.4. The van der Waals surface area contributed by atoms with E-state index < -0.39 is 17.5 Å². The predicted octanol–water partition coefficient (Wildman–Crippen LogP) is 1.27. The Morgan fingerprint density at radius 2 is 2.17 bits per heavy atom. The number of carbonyl (C=O) groups excluding carboxylic acids is 2. The first-order valence-electron chi connectivity index (χ1n) is 8.87. The molecule has 5 atom stereocenters. The van der Waals surface area contributed by atoms with Crippen molar-refractivity contribution in [2.75, 3.05) is 19.7 Å². The van der Waals surface area contributed by atoms with E-state index >= 15 is 0 Å². The molecule has 0 radical (unpaired) electrons. The highest BCUT2D eigenvalue weighted by Crippen LogP contribution is 2.34. The fraction of sp³-hybridized carbons (Fsp3) is 0.778. The van der Waals surface area contributed by atoms with Gasteiger partial charge in [0.05, 0.1) is 12.0 Å². The summed E-state index contributed by atoms with van der Waals surface area (Å²) >= 11 is 0. The molecule has 3 aliphatic heterocycles. The van der Waals surface area contributed by atoms with Crippen LogP contribution in [0.5, 0.6) is 0 Å². The number of aliphatic hydroxyl groups is 1. The van der Waals surface area contributed by atoms with Gasteiger partial charge in [-0.15, -0.1) is 0 Å². The van der Waals surface area contributed by atoms with Crippen molar-refractivity contribution in [1.82, 2.24) is 4.90 Å². The number of nitrogens with zero attached hydrogens (tertiary/aromatic N) is 1. The molecule has 0 spiro atoms. The maximum absolute atomic E-state index is 12.6. The molecule has 0 aromatic heterocycles. The standard InChI is InChI=1S/C18H27NO5/c1-4-12-9-11(2)18(3,22)17(21)23-10-13-5-7-19-8-6-14(15(13)19)24-16(12)20/h5,11-12,14-15,22H,4,6-10H2,1-3H3/t11?,12-,14+,15+,18-/m0/s1. The molecule has 1 unspecified atom stereocenters. The fourth-order valence-electron chi connectivity index (χ4n) is 3.95. The number of esters is 2. The summed E-state index contributed by atoms with van der Waals surface area (Å²) in [5, 5.41) is 10.6. The van der Waals surface area contributed by atoms with Crippen LogP contribution in [-0.4, -0.2) is 59.4 Å². The summed E-state index contributed by atoms with van der Waals surface area (Å²) in [5.74, 6) is -1.54. The van der Waals surface area contributed by atoms with Crippen LogP contribution in [0.25, 0.3) is 0 Å². The lowest BCUT2D eigenvalue weighted by atomic mass is 9.82. The molecule has 134 valence electrons. The van der Waals surface area contributed by atoms with Crippen LogP contribution in [0.3, 0.4) is 0 Å². The number of ether oxygens (including phenoxy) is 2. The third-order valence-corrected chi connectivity index (χ3v) is 5.89. The largest absolute Gasteiger partial charge is 0.460 e. The Morgan fingerprint density at radius 1 is 1.42 bits per heavy atom. The van der Waals surface area contributed by atoms with Crippen molar-refractivity contribution in [1.29, 1.82) is 0 Å². The topological polar surface area (TPSA) is 76.1 Å². The van der Waals surface area contributed by atoms with Crippen LogP contribution in [0, 0.1) is 11.8 Å². The molecule has 3 heterocycles. The maximum atomic E-state index is 12.6. The van der Waals surface area contributed by atoms with E-state index in [9.17, 15) is 14.7 Å². The van der Waals surface area contributed by atoms with Crippen LogP contribution in [-0.2, 0) is 19.1 Å². The Morgan fingerprint density at radius 3 is 2.88 bits per heavy atom. The van der Waals surface area contributed by atoms with E-state index in [1.54, 1.807) is 6.92 Å². The molecule has 0 saturated carbocycles. The third-order valence-electron chi connectivity index (χ3n) is 5.89. The van der Waals surface area contributed by atoms with Gasteiger partial charge in [0.2, 0.25) is 0 Å². The van der Waals surface area contributed by atoms with E-state index in [2.05, 4.69) is 4.90 Å². The smallest absolute Gasteiger partial charge is 0.338 e. The van der Waals surface area contributed by atoms with Gasteiger partial charge in [0.15, 0.2) is 5.60 Å². The average molecular weight is 337 g/mol. The highest BCUT2D eigenvalue weighted by Gasteiger charge is 2.45. The van der Waals surface area contributed by atoms with Crippen molar-refractivity contribution >= 4 is 11.9 Å². The van der Waals surface area contributed by atoms with Crippen LogP contribution in [0.4, 0.5) is 0 Å². The van der Waals surface area contributed by atoms with E-state index in [-0.39, 0.29) is 30.6 Å². The zero-order chi connectivity index (χ0) is 17.5. The van der Waals surface area contributed by atoms with E-state index in [0.717, 1.165) is 25.1 Å². The second-order valence-electron chi connectivity index (χ2n) is 7.45. The highest BCUT2D eigenvalue weighted by molar-refractivity contribution is 5.79. The normalized spacial score (nSPS) is 40.9. The number of hydrogen-bond donors (Lipinski definition) is 1. The van der Waals surface area contributed by atoms with Crippen molar-refractivity contribution < 1.29 is 24.2 Å². The van der Waals surface area contributed by atoms with E-state index in [1.165, 1.54) is 6.92 Å². The summed E-state index contributed by atoms with van der Waals surface area (Å²) in [4.78, 5) is 27.2. The van der Waals surface area contributed by atoms with Crippen molar-refractivity contribution in [2.45, 2.75) is 57.8 Å². The van der Waals surface area contributed by atoms with E-state index in [4.69, 9.17) is 9.47 Å². The maximum Gasteiger partial charge on any atom is 0.338 e. The fourth-order valence-corrected chi connectivity index (χ4v) is 3.95. The molecule has 0 amide bonds.